The number of hydrogen-bond donors (Lipinski definition) is 0. The van der Waals surface area contributed by atoms with E-state index in [0.29, 0.717) is 0 Å². The first-order valence-electron chi connectivity index (χ1n) is 9.73. The van der Waals surface area contributed by atoms with Crippen molar-refractivity contribution in [1.82, 2.24) is 24.3 Å². The summed E-state index contributed by atoms with van der Waals surface area (Å²) in [5.41, 5.74) is 4.12. The highest BCUT2D eigenvalue weighted by Gasteiger charge is 2.22. The summed E-state index contributed by atoms with van der Waals surface area (Å²) in [6, 6.07) is 12.1. The van der Waals surface area contributed by atoms with E-state index in [4.69, 9.17) is 11.6 Å². The molecule has 0 aliphatic carbocycles. The largest absolute Gasteiger partial charge is 0.351 e. The third-order valence-corrected chi connectivity index (χ3v) is 5.76. The van der Waals surface area contributed by atoms with E-state index in [1.54, 1.807) is 6.20 Å². The van der Waals surface area contributed by atoms with Crippen LogP contribution >= 0.6 is 11.6 Å². The van der Waals surface area contributed by atoms with E-state index in [2.05, 4.69) is 35.2 Å². The molecule has 0 N–H and O–H groups in total. The van der Waals surface area contributed by atoms with Crippen LogP contribution in [0.15, 0.2) is 67.4 Å². The SMILES string of the molecule is Clc1ccccc1CN1CCN(c2nccn3c(-c4cccnc4)cnc23)CC1. The molecule has 0 saturated carbocycles. The Bertz CT molecular complexity index is 1120. The van der Waals surface area contributed by atoms with Gasteiger partial charge in [0.15, 0.2) is 11.5 Å². The standard InChI is InChI=1S/C22H21ClN6/c23-19-6-2-1-4-18(19)16-27-10-12-28(13-11-27)21-22-26-15-20(29(22)9-8-25-21)17-5-3-7-24-14-17/h1-9,14-15H,10-13,16H2. The van der Waals surface area contributed by atoms with Gasteiger partial charge >= 0.3 is 0 Å². The molecule has 0 spiro atoms. The maximum absolute atomic E-state index is 6.32. The molecule has 29 heavy (non-hydrogen) atoms. The van der Waals surface area contributed by atoms with Gasteiger partial charge in [0.2, 0.25) is 0 Å². The van der Waals surface area contributed by atoms with Crippen molar-refractivity contribution in [1.29, 1.82) is 0 Å². The first-order chi connectivity index (χ1) is 14.3. The van der Waals surface area contributed by atoms with E-state index in [1.807, 2.05) is 55.1 Å². The maximum Gasteiger partial charge on any atom is 0.180 e. The van der Waals surface area contributed by atoms with E-state index in [9.17, 15) is 0 Å². The van der Waals surface area contributed by atoms with Gasteiger partial charge in [0.1, 0.15) is 0 Å². The zero-order valence-corrected chi connectivity index (χ0v) is 16.7. The summed E-state index contributed by atoms with van der Waals surface area (Å²) in [5, 5.41) is 0.835. The van der Waals surface area contributed by atoms with Crippen LogP contribution in [0.2, 0.25) is 5.02 Å². The van der Waals surface area contributed by atoms with Gasteiger partial charge in [-0.05, 0) is 23.8 Å². The van der Waals surface area contributed by atoms with Gasteiger partial charge < -0.3 is 4.90 Å². The van der Waals surface area contributed by atoms with E-state index in [1.165, 1.54) is 5.56 Å². The number of imidazole rings is 1. The first-order valence-corrected chi connectivity index (χ1v) is 10.1. The Labute approximate surface area is 174 Å². The Morgan fingerprint density at radius 1 is 0.897 bits per heavy atom. The van der Waals surface area contributed by atoms with Crippen molar-refractivity contribution in [3.63, 3.8) is 0 Å². The minimum absolute atomic E-state index is 0.835. The Morgan fingerprint density at radius 3 is 2.55 bits per heavy atom. The second-order valence-electron chi connectivity index (χ2n) is 7.18. The van der Waals surface area contributed by atoms with Crippen LogP contribution in [0.3, 0.4) is 0 Å². The van der Waals surface area contributed by atoms with Crippen molar-refractivity contribution in [2.75, 3.05) is 31.1 Å². The number of fused-ring (bicyclic) bond motifs is 1. The van der Waals surface area contributed by atoms with Gasteiger partial charge in [0, 0.05) is 68.1 Å². The van der Waals surface area contributed by atoms with Crippen LogP contribution < -0.4 is 4.90 Å². The molecule has 5 rings (SSSR count). The number of piperazine rings is 1. The molecule has 0 unspecified atom stereocenters. The monoisotopic (exact) mass is 404 g/mol. The van der Waals surface area contributed by atoms with Crippen LogP contribution in [0.4, 0.5) is 5.82 Å². The van der Waals surface area contributed by atoms with E-state index in [0.717, 1.165) is 60.5 Å². The Kier molecular flexibility index (Phi) is 4.87. The molecular weight excluding hydrogens is 384 g/mol. The molecule has 4 heterocycles. The fraction of sp³-hybridized carbons (Fsp3) is 0.227. The molecule has 6 nitrogen and oxygen atoms in total. The van der Waals surface area contributed by atoms with Gasteiger partial charge in [-0.1, -0.05) is 29.8 Å². The van der Waals surface area contributed by atoms with E-state index < -0.39 is 0 Å². The summed E-state index contributed by atoms with van der Waals surface area (Å²) >= 11 is 6.32. The highest BCUT2D eigenvalue weighted by atomic mass is 35.5. The average molecular weight is 405 g/mol. The summed E-state index contributed by atoms with van der Waals surface area (Å²) in [4.78, 5) is 18.3. The van der Waals surface area contributed by atoms with Crippen molar-refractivity contribution in [3.8, 4) is 11.3 Å². The molecule has 146 valence electrons. The van der Waals surface area contributed by atoms with Gasteiger partial charge in [0.05, 0.1) is 11.9 Å². The second-order valence-corrected chi connectivity index (χ2v) is 7.59. The lowest BCUT2D eigenvalue weighted by molar-refractivity contribution is 0.249. The molecule has 0 bridgehead atoms. The Hall–Kier alpha value is -2.96. The predicted molar refractivity (Wildman–Crippen MR) is 115 cm³/mol. The zero-order chi connectivity index (χ0) is 19.6. The number of hydrogen-bond acceptors (Lipinski definition) is 5. The number of benzene rings is 1. The van der Waals surface area contributed by atoms with Gasteiger partial charge in [-0.25, -0.2) is 9.97 Å². The normalized spacial score (nSPS) is 15.1. The number of halogens is 1. The van der Waals surface area contributed by atoms with Crippen molar-refractivity contribution in [2.24, 2.45) is 0 Å². The summed E-state index contributed by atoms with van der Waals surface area (Å²) in [6.07, 6.45) is 9.34. The Balaban J connectivity index is 1.35. The molecule has 1 saturated heterocycles. The van der Waals surface area contributed by atoms with Crippen LogP contribution in [0, 0.1) is 0 Å². The average Bonchev–Trinajstić information content (AvgIpc) is 3.21. The summed E-state index contributed by atoms with van der Waals surface area (Å²) in [6.45, 7) is 4.62. The molecule has 4 aromatic rings. The number of aromatic nitrogens is 4. The van der Waals surface area contributed by atoms with Crippen LogP contribution in [-0.2, 0) is 6.54 Å². The van der Waals surface area contributed by atoms with Gasteiger partial charge in [-0.2, -0.15) is 0 Å². The number of pyridine rings is 1. The quantitative estimate of drug-likeness (QED) is 0.518. The van der Waals surface area contributed by atoms with Crippen molar-refractivity contribution >= 4 is 23.1 Å². The number of nitrogens with zero attached hydrogens (tertiary/aromatic N) is 6. The zero-order valence-electron chi connectivity index (χ0n) is 15.9. The van der Waals surface area contributed by atoms with E-state index >= 15 is 0 Å². The molecule has 1 aliphatic heterocycles. The maximum atomic E-state index is 6.32. The van der Waals surface area contributed by atoms with Crippen molar-refractivity contribution in [3.05, 3.63) is 78.0 Å². The molecule has 3 aromatic heterocycles. The minimum atomic E-state index is 0.835. The Morgan fingerprint density at radius 2 is 1.76 bits per heavy atom. The van der Waals surface area contributed by atoms with Crippen LogP contribution in [0.25, 0.3) is 16.9 Å². The van der Waals surface area contributed by atoms with E-state index in [-0.39, 0.29) is 0 Å². The van der Waals surface area contributed by atoms with Crippen LogP contribution in [-0.4, -0.2) is 50.4 Å². The molecule has 0 atom stereocenters. The molecule has 7 heteroatoms. The third-order valence-electron chi connectivity index (χ3n) is 5.39. The lowest BCUT2D eigenvalue weighted by Crippen LogP contribution is -2.46. The highest BCUT2D eigenvalue weighted by Crippen LogP contribution is 2.26. The minimum Gasteiger partial charge on any atom is -0.351 e. The van der Waals surface area contributed by atoms with Crippen LogP contribution in [0.1, 0.15) is 5.56 Å². The van der Waals surface area contributed by atoms with Crippen LogP contribution in [0.5, 0.6) is 0 Å². The smallest absolute Gasteiger partial charge is 0.180 e. The summed E-state index contributed by atoms with van der Waals surface area (Å²) in [7, 11) is 0. The number of rotatable bonds is 4. The predicted octanol–water partition coefficient (Wildman–Crippen LogP) is 3.77. The van der Waals surface area contributed by atoms with Crippen molar-refractivity contribution in [2.45, 2.75) is 6.54 Å². The van der Waals surface area contributed by atoms with Gasteiger partial charge in [-0.3, -0.25) is 14.3 Å². The molecule has 0 amide bonds. The third kappa shape index (κ3) is 3.57. The fourth-order valence-corrected chi connectivity index (χ4v) is 4.04. The lowest BCUT2D eigenvalue weighted by atomic mass is 10.2. The summed E-state index contributed by atoms with van der Waals surface area (Å²) in [5.74, 6) is 0.931. The molecular formula is C22H21ClN6. The van der Waals surface area contributed by atoms with Gasteiger partial charge in [0.25, 0.3) is 0 Å². The molecule has 1 fully saturated rings. The summed E-state index contributed by atoms with van der Waals surface area (Å²) < 4.78 is 2.09. The molecule has 1 aliphatic rings. The second kappa shape index (κ2) is 7.81. The van der Waals surface area contributed by atoms with Crippen molar-refractivity contribution < 1.29 is 0 Å². The number of anilines is 1. The molecule has 0 radical (unpaired) electrons. The molecule has 1 aromatic carbocycles. The highest BCUT2D eigenvalue weighted by molar-refractivity contribution is 6.31. The topological polar surface area (TPSA) is 49.6 Å². The fourth-order valence-electron chi connectivity index (χ4n) is 3.84. The van der Waals surface area contributed by atoms with Gasteiger partial charge in [-0.15, -0.1) is 0 Å². The first kappa shape index (κ1) is 18.1. The lowest BCUT2D eigenvalue weighted by Gasteiger charge is -2.35.